The number of hydrogen-bond donors (Lipinski definition) is 1. The lowest BCUT2D eigenvalue weighted by Gasteiger charge is -2.20. The van der Waals surface area contributed by atoms with Crippen LogP contribution < -0.4 is 0 Å². The molecule has 1 N–H and O–H groups in total. The maximum absolute atomic E-state index is 10.7. The number of nitrogens with zero attached hydrogens (tertiary/aromatic N) is 1. The quantitative estimate of drug-likeness (QED) is 0.745. The summed E-state index contributed by atoms with van der Waals surface area (Å²) in [6.07, 6.45) is 0. The fraction of sp³-hybridized carbons (Fsp3) is 0.455. The zero-order valence-corrected chi connectivity index (χ0v) is 8.96. The van der Waals surface area contributed by atoms with Gasteiger partial charge in [0.05, 0.1) is 0 Å². The van der Waals surface area contributed by atoms with Crippen LogP contribution in [0.1, 0.15) is 42.5 Å². The van der Waals surface area contributed by atoms with Crippen molar-refractivity contribution in [3.05, 3.63) is 29.1 Å². The van der Waals surface area contributed by atoms with Gasteiger partial charge >= 0.3 is 5.97 Å². The second-order valence-electron chi connectivity index (χ2n) is 4.38. The van der Waals surface area contributed by atoms with E-state index < -0.39 is 5.97 Å². The van der Waals surface area contributed by atoms with Gasteiger partial charge in [-0.2, -0.15) is 0 Å². The molecular weight excluding hydrogens is 178 g/mol. The SMILES string of the molecule is Cc1nc(C(=O)O)ccc1C(C)(C)C. The number of carboxylic acid groups (broad SMARTS) is 1. The maximum Gasteiger partial charge on any atom is 0.354 e. The van der Waals surface area contributed by atoms with Crippen LogP contribution in [0.5, 0.6) is 0 Å². The number of carbonyl (C=O) groups is 1. The van der Waals surface area contributed by atoms with Crippen LogP contribution in [-0.2, 0) is 5.41 Å². The molecule has 0 amide bonds. The Hall–Kier alpha value is -1.38. The van der Waals surface area contributed by atoms with Gasteiger partial charge in [0.1, 0.15) is 5.69 Å². The van der Waals surface area contributed by atoms with Crippen molar-refractivity contribution in [2.45, 2.75) is 33.1 Å². The van der Waals surface area contributed by atoms with Crippen molar-refractivity contribution in [1.29, 1.82) is 0 Å². The van der Waals surface area contributed by atoms with Gasteiger partial charge in [-0.25, -0.2) is 9.78 Å². The highest BCUT2D eigenvalue weighted by atomic mass is 16.4. The van der Waals surface area contributed by atoms with Gasteiger partial charge < -0.3 is 5.11 Å². The molecule has 0 atom stereocenters. The Balaban J connectivity index is 3.21. The Morgan fingerprint density at radius 1 is 1.36 bits per heavy atom. The first-order chi connectivity index (χ1) is 6.32. The number of aromatic nitrogens is 1. The molecular formula is C11H15NO2. The van der Waals surface area contributed by atoms with Gasteiger partial charge in [0, 0.05) is 5.69 Å². The average Bonchev–Trinajstić information content (AvgIpc) is 2.01. The number of pyridine rings is 1. The maximum atomic E-state index is 10.7. The monoisotopic (exact) mass is 193 g/mol. The minimum atomic E-state index is -0.978. The van der Waals surface area contributed by atoms with Gasteiger partial charge in [0.2, 0.25) is 0 Å². The standard InChI is InChI=1S/C11H15NO2/c1-7-8(11(2,3)4)5-6-9(12-7)10(13)14/h5-6H,1-4H3,(H,13,14). The third-order valence-electron chi connectivity index (χ3n) is 2.11. The van der Waals surface area contributed by atoms with Crippen molar-refractivity contribution in [3.63, 3.8) is 0 Å². The average molecular weight is 193 g/mol. The van der Waals surface area contributed by atoms with E-state index in [2.05, 4.69) is 25.8 Å². The van der Waals surface area contributed by atoms with Gasteiger partial charge in [-0.1, -0.05) is 26.8 Å². The minimum Gasteiger partial charge on any atom is -0.477 e. The molecule has 0 aliphatic rings. The Bertz CT molecular complexity index is 364. The second kappa shape index (κ2) is 3.40. The summed E-state index contributed by atoms with van der Waals surface area (Å²) in [6, 6.07) is 3.39. The van der Waals surface area contributed by atoms with Crippen molar-refractivity contribution in [2.75, 3.05) is 0 Å². The molecule has 3 nitrogen and oxygen atoms in total. The van der Waals surface area contributed by atoms with E-state index in [9.17, 15) is 4.79 Å². The van der Waals surface area contributed by atoms with E-state index in [1.165, 1.54) is 0 Å². The number of aryl methyl sites for hydroxylation is 1. The highest BCUT2D eigenvalue weighted by Crippen LogP contribution is 2.24. The Morgan fingerprint density at radius 3 is 2.29 bits per heavy atom. The molecule has 1 aromatic rings. The summed E-state index contributed by atoms with van der Waals surface area (Å²) in [5.41, 5.74) is 1.99. The third kappa shape index (κ3) is 2.10. The molecule has 0 saturated carbocycles. The fourth-order valence-corrected chi connectivity index (χ4v) is 1.47. The van der Waals surface area contributed by atoms with Gasteiger partial charge in [-0.3, -0.25) is 0 Å². The van der Waals surface area contributed by atoms with Crippen LogP contribution in [0.4, 0.5) is 0 Å². The first-order valence-corrected chi connectivity index (χ1v) is 4.54. The third-order valence-corrected chi connectivity index (χ3v) is 2.11. The van der Waals surface area contributed by atoms with E-state index in [4.69, 9.17) is 5.11 Å². The van der Waals surface area contributed by atoms with Crippen LogP contribution in [0.25, 0.3) is 0 Å². The molecule has 0 saturated heterocycles. The summed E-state index contributed by atoms with van der Waals surface area (Å²) in [5, 5.41) is 8.74. The normalized spacial score (nSPS) is 11.4. The number of carboxylic acids is 1. The summed E-state index contributed by atoms with van der Waals surface area (Å²) < 4.78 is 0. The van der Waals surface area contributed by atoms with E-state index in [1.54, 1.807) is 6.07 Å². The van der Waals surface area contributed by atoms with Gasteiger partial charge in [0.15, 0.2) is 0 Å². The summed E-state index contributed by atoms with van der Waals surface area (Å²) in [7, 11) is 0. The van der Waals surface area contributed by atoms with Crippen molar-refractivity contribution >= 4 is 5.97 Å². The summed E-state index contributed by atoms with van der Waals surface area (Å²) in [4.78, 5) is 14.7. The number of hydrogen-bond acceptors (Lipinski definition) is 2. The molecule has 1 heterocycles. The highest BCUT2D eigenvalue weighted by Gasteiger charge is 2.18. The van der Waals surface area contributed by atoms with E-state index in [0.717, 1.165) is 11.3 Å². The van der Waals surface area contributed by atoms with Crippen LogP contribution >= 0.6 is 0 Å². The summed E-state index contributed by atoms with van der Waals surface area (Å²) in [6.45, 7) is 8.08. The Labute approximate surface area is 83.8 Å². The molecule has 0 aliphatic heterocycles. The van der Waals surface area contributed by atoms with Gasteiger partial charge in [-0.05, 0) is 24.0 Å². The molecule has 0 unspecified atom stereocenters. The lowest BCUT2D eigenvalue weighted by atomic mass is 9.86. The molecule has 0 spiro atoms. The molecule has 1 aromatic heterocycles. The van der Waals surface area contributed by atoms with Gasteiger partial charge in [0.25, 0.3) is 0 Å². The largest absolute Gasteiger partial charge is 0.477 e. The van der Waals surface area contributed by atoms with Crippen molar-refractivity contribution in [3.8, 4) is 0 Å². The molecule has 0 fully saturated rings. The van der Waals surface area contributed by atoms with Gasteiger partial charge in [-0.15, -0.1) is 0 Å². The number of rotatable bonds is 1. The first-order valence-electron chi connectivity index (χ1n) is 4.54. The molecule has 76 valence electrons. The minimum absolute atomic E-state index is 0.00805. The van der Waals surface area contributed by atoms with Crippen LogP contribution in [0.2, 0.25) is 0 Å². The van der Waals surface area contributed by atoms with E-state index in [1.807, 2.05) is 13.0 Å². The molecule has 0 aromatic carbocycles. The van der Waals surface area contributed by atoms with Crippen LogP contribution in [0, 0.1) is 6.92 Å². The van der Waals surface area contributed by atoms with E-state index >= 15 is 0 Å². The summed E-state index contributed by atoms with van der Waals surface area (Å²) >= 11 is 0. The molecule has 1 rings (SSSR count). The van der Waals surface area contributed by atoms with Crippen molar-refractivity contribution < 1.29 is 9.90 Å². The molecule has 0 aliphatic carbocycles. The zero-order chi connectivity index (χ0) is 10.9. The van der Waals surface area contributed by atoms with E-state index in [-0.39, 0.29) is 11.1 Å². The summed E-state index contributed by atoms with van der Waals surface area (Å²) in [5.74, 6) is -0.978. The lowest BCUT2D eigenvalue weighted by Crippen LogP contribution is -2.15. The molecule has 0 radical (unpaired) electrons. The zero-order valence-electron chi connectivity index (χ0n) is 8.96. The Kier molecular flexibility index (Phi) is 2.60. The van der Waals surface area contributed by atoms with E-state index in [0.29, 0.717) is 0 Å². The molecule has 3 heteroatoms. The number of aromatic carboxylic acids is 1. The smallest absolute Gasteiger partial charge is 0.354 e. The van der Waals surface area contributed by atoms with Crippen molar-refractivity contribution in [2.24, 2.45) is 0 Å². The second-order valence-corrected chi connectivity index (χ2v) is 4.38. The fourth-order valence-electron chi connectivity index (χ4n) is 1.47. The predicted molar refractivity (Wildman–Crippen MR) is 54.6 cm³/mol. The molecule has 14 heavy (non-hydrogen) atoms. The van der Waals surface area contributed by atoms with Crippen LogP contribution in [-0.4, -0.2) is 16.1 Å². The first kappa shape index (κ1) is 10.7. The lowest BCUT2D eigenvalue weighted by molar-refractivity contribution is 0.0690. The Morgan fingerprint density at radius 2 is 1.93 bits per heavy atom. The van der Waals surface area contributed by atoms with Crippen LogP contribution in [0.3, 0.4) is 0 Å². The highest BCUT2D eigenvalue weighted by molar-refractivity contribution is 5.85. The van der Waals surface area contributed by atoms with Crippen molar-refractivity contribution in [1.82, 2.24) is 4.98 Å². The topological polar surface area (TPSA) is 50.2 Å². The van der Waals surface area contributed by atoms with Crippen LogP contribution in [0.15, 0.2) is 12.1 Å². The predicted octanol–water partition coefficient (Wildman–Crippen LogP) is 2.39. The molecule has 0 bridgehead atoms.